The largest absolute Gasteiger partial charge is 0.381 e. The lowest BCUT2D eigenvalue weighted by Gasteiger charge is -2.13. The summed E-state index contributed by atoms with van der Waals surface area (Å²) >= 11 is 12.2. The molecule has 0 saturated heterocycles. The monoisotopic (exact) mass is 344 g/mol. The Bertz CT molecular complexity index is 756. The van der Waals surface area contributed by atoms with Gasteiger partial charge in [0.25, 0.3) is 0 Å². The van der Waals surface area contributed by atoms with Crippen LogP contribution in [0.4, 0.5) is 5.69 Å². The minimum absolute atomic E-state index is 0.0563. The van der Waals surface area contributed by atoms with Gasteiger partial charge in [-0.1, -0.05) is 35.3 Å². The van der Waals surface area contributed by atoms with E-state index in [1.165, 1.54) is 12.1 Å². The van der Waals surface area contributed by atoms with E-state index >= 15 is 0 Å². The second-order valence-electron chi connectivity index (χ2n) is 4.58. The van der Waals surface area contributed by atoms with Gasteiger partial charge in [-0.25, -0.2) is 13.6 Å². The third-order valence-corrected chi connectivity index (χ3v) is 4.67. The normalized spacial score (nSPS) is 11.4. The molecule has 0 bridgehead atoms. The highest BCUT2D eigenvalue weighted by Gasteiger charge is 2.11. The Hall–Kier alpha value is -1.27. The van der Waals surface area contributed by atoms with Gasteiger partial charge < -0.3 is 5.32 Å². The Kier molecular flexibility index (Phi) is 4.78. The van der Waals surface area contributed by atoms with Gasteiger partial charge in [0.05, 0.1) is 4.90 Å². The first kappa shape index (κ1) is 16.1. The summed E-state index contributed by atoms with van der Waals surface area (Å²) in [6, 6.07) is 9.92. The summed E-state index contributed by atoms with van der Waals surface area (Å²) in [4.78, 5) is 0.0563. The molecule has 0 unspecified atom stereocenters. The Morgan fingerprint density at radius 1 is 1.14 bits per heavy atom. The molecule has 3 N–H and O–H groups in total. The molecule has 0 amide bonds. The second kappa shape index (κ2) is 6.23. The lowest BCUT2D eigenvalue weighted by Crippen LogP contribution is -2.13. The van der Waals surface area contributed by atoms with E-state index < -0.39 is 10.0 Å². The maximum absolute atomic E-state index is 11.4. The van der Waals surface area contributed by atoms with Gasteiger partial charge in [-0.05, 0) is 36.8 Å². The predicted octanol–water partition coefficient (Wildman–Crippen LogP) is 3.56. The van der Waals surface area contributed by atoms with Crippen molar-refractivity contribution in [2.45, 2.75) is 18.4 Å². The predicted molar refractivity (Wildman–Crippen MR) is 86.3 cm³/mol. The van der Waals surface area contributed by atoms with Gasteiger partial charge in [-0.15, -0.1) is 0 Å². The molecule has 2 aromatic carbocycles. The molecule has 0 spiro atoms. The molecule has 0 radical (unpaired) electrons. The van der Waals surface area contributed by atoms with Crippen molar-refractivity contribution in [3.05, 3.63) is 57.6 Å². The Morgan fingerprint density at radius 2 is 1.76 bits per heavy atom. The molecular weight excluding hydrogens is 331 g/mol. The molecular formula is C14H14Cl2N2O2S. The van der Waals surface area contributed by atoms with Crippen LogP contribution in [-0.2, 0) is 16.6 Å². The number of nitrogens with one attached hydrogen (secondary N) is 1. The molecule has 21 heavy (non-hydrogen) atoms. The van der Waals surface area contributed by atoms with Gasteiger partial charge in [0.1, 0.15) is 0 Å². The van der Waals surface area contributed by atoms with E-state index in [-0.39, 0.29) is 4.90 Å². The lowest BCUT2D eigenvalue weighted by molar-refractivity contribution is 0.598. The summed E-state index contributed by atoms with van der Waals surface area (Å²) in [6.45, 7) is 2.25. The standard InChI is InChI=1S/C14H14Cl2N2O2S/c1-9-5-6-10(21(17,19)20)7-14(9)18-8-11-12(15)3-2-4-13(11)16/h2-7,18H,8H2,1H3,(H2,17,19,20). The molecule has 2 rings (SSSR count). The van der Waals surface area contributed by atoms with Gasteiger partial charge in [-0.3, -0.25) is 0 Å². The van der Waals surface area contributed by atoms with Crippen LogP contribution in [0.2, 0.25) is 10.0 Å². The number of halogens is 2. The minimum atomic E-state index is -3.73. The molecule has 112 valence electrons. The molecule has 0 atom stereocenters. The molecule has 0 aliphatic carbocycles. The average molecular weight is 345 g/mol. The quantitative estimate of drug-likeness (QED) is 0.890. The minimum Gasteiger partial charge on any atom is -0.381 e. The Morgan fingerprint density at radius 3 is 2.33 bits per heavy atom. The van der Waals surface area contributed by atoms with Crippen molar-refractivity contribution in [1.82, 2.24) is 0 Å². The van der Waals surface area contributed by atoms with Crippen LogP contribution in [0.15, 0.2) is 41.3 Å². The first-order valence-corrected chi connectivity index (χ1v) is 8.39. The van der Waals surface area contributed by atoms with Crippen LogP contribution in [0.1, 0.15) is 11.1 Å². The van der Waals surface area contributed by atoms with Gasteiger partial charge in [-0.2, -0.15) is 0 Å². The van der Waals surface area contributed by atoms with Crippen molar-refractivity contribution in [2.24, 2.45) is 5.14 Å². The van der Waals surface area contributed by atoms with Crippen molar-refractivity contribution in [1.29, 1.82) is 0 Å². The molecule has 4 nitrogen and oxygen atoms in total. The summed E-state index contributed by atoms with van der Waals surface area (Å²) in [7, 11) is -3.73. The van der Waals surface area contributed by atoms with Crippen LogP contribution in [0.3, 0.4) is 0 Å². The number of hydrogen-bond donors (Lipinski definition) is 2. The summed E-state index contributed by atoms with van der Waals surface area (Å²) in [5.74, 6) is 0. The van der Waals surface area contributed by atoms with Gasteiger partial charge in [0.15, 0.2) is 0 Å². The average Bonchev–Trinajstić information content (AvgIpc) is 2.38. The van der Waals surface area contributed by atoms with Crippen LogP contribution in [0.25, 0.3) is 0 Å². The van der Waals surface area contributed by atoms with Crippen LogP contribution < -0.4 is 10.5 Å². The van der Waals surface area contributed by atoms with Crippen molar-refractivity contribution >= 4 is 38.9 Å². The summed E-state index contributed by atoms with van der Waals surface area (Å²) in [5.41, 5.74) is 2.31. The van der Waals surface area contributed by atoms with Crippen LogP contribution in [0, 0.1) is 6.92 Å². The molecule has 2 aromatic rings. The second-order valence-corrected chi connectivity index (χ2v) is 6.95. The molecule has 0 aliphatic rings. The Balaban J connectivity index is 2.28. The number of benzene rings is 2. The van der Waals surface area contributed by atoms with E-state index in [1.807, 2.05) is 6.92 Å². The molecule has 0 aliphatic heterocycles. The maximum atomic E-state index is 11.4. The summed E-state index contributed by atoms with van der Waals surface area (Å²) < 4.78 is 22.8. The SMILES string of the molecule is Cc1ccc(S(N)(=O)=O)cc1NCc1c(Cl)cccc1Cl. The van der Waals surface area contributed by atoms with E-state index in [0.717, 1.165) is 11.1 Å². The van der Waals surface area contributed by atoms with E-state index in [2.05, 4.69) is 5.32 Å². The van der Waals surface area contributed by atoms with E-state index in [0.29, 0.717) is 22.3 Å². The lowest BCUT2D eigenvalue weighted by atomic mass is 10.1. The zero-order chi connectivity index (χ0) is 15.6. The number of sulfonamides is 1. The number of aryl methyl sites for hydroxylation is 1. The molecule has 0 heterocycles. The van der Waals surface area contributed by atoms with E-state index in [4.69, 9.17) is 28.3 Å². The maximum Gasteiger partial charge on any atom is 0.238 e. The van der Waals surface area contributed by atoms with Crippen LogP contribution in [-0.4, -0.2) is 8.42 Å². The van der Waals surface area contributed by atoms with Crippen molar-refractivity contribution in [2.75, 3.05) is 5.32 Å². The van der Waals surface area contributed by atoms with Gasteiger partial charge >= 0.3 is 0 Å². The number of anilines is 1. The number of nitrogens with two attached hydrogens (primary N) is 1. The molecule has 0 aromatic heterocycles. The highest BCUT2D eigenvalue weighted by Crippen LogP contribution is 2.26. The van der Waals surface area contributed by atoms with Crippen molar-refractivity contribution in [3.8, 4) is 0 Å². The zero-order valence-corrected chi connectivity index (χ0v) is 13.6. The number of rotatable bonds is 4. The fourth-order valence-corrected chi connectivity index (χ4v) is 2.92. The summed E-state index contributed by atoms with van der Waals surface area (Å²) in [5, 5.41) is 9.37. The smallest absolute Gasteiger partial charge is 0.238 e. The zero-order valence-electron chi connectivity index (χ0n) is 11.2. The topological polar surface area (TPSA) is 72.2 Å². The number of primary sulfonamides is 1. The third-order valence-electron chi connectivity index (χ3n) is 3.05. The molecule has 0 fully saturated rings. The van der Waals surface area contributed by atoms with Crippen molar-refractivity contribution < 1.29 is 8.42 Å². The van der Waals surface area contributed by atoms with Gasteiger partial charge in [0, 0.05) is 27.8 Å². The fraction of sp³-hybridized carbons (Fsp3) is 0.143. The van der Waals surface area contributed by atoms with Gasteiger partial charge in [0.2, 0.25) is 10.0 Å². The number of hydrogen-bond acceptors (Lipinski definition) is 3. The van der Waals surface area contributed by atoms with Crippen LogP contribution in [0.5, 0.6) is 0 Å². The van der Waals surface area contributed by atoms with E-state index in [9.17, 15) is 8.42 Å². The molecule has 7 heteroatoms. The van der Waals surface area contributed by atoms with Crippen LogP contribution >= 0.6 is 23.2 Å². The highest BCUT2D eigenvalue weighted by molar-refractivity contribution is 7.89. The van der Waals surface area contributed by atoms with E-state index in [1.54, 1.807) is 24.3 Å². The highest BCUT2D eigenvalue weighted by atomic mass is 35.5. The summed E-state index contributed by atoms with van der Waals surface area (Å²) in [6.07, 6.45) is 0. The van der Waals surface area contributed by atoms with Crippen molar-refractivity contribution in [3.63, 3.8) is 0 Å². The fourth-order valence-electron chi connectivity index (χ4n) is 1.85. The first-order valence-electron chi connectivity index (χ1n) is 6.09. The molecule has 0 saturated carbocycles. The Labute approximate surface area is 133 Å². The third kappa shape index (κ3) is 3.89. The first-order chi connectivity index (χ1) is 9.79.